The second-order valence-corrected chi connectivity index (χ2v) is 5.18. The zero-order valence-electron chi connectivity index (χ0n) is 11.5. The van der Waals surface area contributed by atoms with Crippen molar-refractivity contribution in [1.29, 1.82) is 0 Å². The van der Waals surface area contributed by atoms with Gasteiger partial charge in [-0.05, 0) is 68.2 Å². The molecule has 1 aromatic rings. The summed E-state index contributed by atoms with van der Waals surface area (Å²) in [6.07, 6.45) is 5.23. The lowest BCUT2D eigenvalue weighted by molar-refractivity contribution is 0.0526. The first-order chi connectivity index (χ1) is 9.24. The van der Waals surface area contributed by atoms with Crippen LogP contribution in [-0.2, 0) is 17.6 Å². The number of ether oxygens (including phenoxy) is 1. The lowest BCUT2D eigenvalue weighted by Gasteiger charge is -2.24. The Kier molecular flexibility index (Phi) is 4.97. The van der Waals surface area contributed by atoms with E-state index in [4.69, 9.17) is 9.84 Å². The molecule has 0 fully saturated rings. The number of fused-ring (bicyclic) bond motifs is 1. The zero-order chi connectivity index (χ0) is 13.7. The minimum absolute atomic E-state index is 0.229. The van der Waals surface area contributed by atoms with Gasteiger partial charge in [0.2, 0.25) is 0 Å². The highest BCUT2D eigenvalue weighted by Gasteiger charge is 2.19. The zero-order valence-corrected chi connectivity index (χ0v) is 11.5. The molecule has 1 unspecified atom stereocenters. The summed E-state index contributed by atoms with van der Waals surface area (Å²) in [6, 6.07) is 5.91. The third-order valence-electron chi connectivity index (χ3n) is 3.82. The van der Waals surface area contributed by atoms with Gasteiger partial charge in [0, 0.05) is 6.61 Å². The summed E-state index contributed by atoms with van der Waals surface area (Å²) in [5.41, 5.74) is 3.29. The molecule has 0 saturated carbocycles. The summed E-state index contributed by atoms with van der Waals surface area (Å²) >= 11 is 0. The fourth-order valence-electron chi connectivity index (χ4n) is 2.80. The highest BCUT2D eigenvalue weighted by Crippen LogP contribution is 2.29. The van der Waals surface area contributed by atoms with Crippen molar-refractivity contribution >= 4 is 5.97 Å². The van der Waals surface area contributed by atoms with Gasteiger partial charge in [-0.1, -0.05) is 6.07 Å². The first-order valence-electron chi connectivity index (χ1n) is 7.14. The molecule has 0 aliphatic heterocycles. The van der Waals surface area contributed by atoms with E-state index in [-0.39, 0.29) is 12.6 Å². The van der Waals surface area contributed by atoms with E-state index in [9.17, 15) is 4.79 Å². The Morgan fingerprint density at radius 1 is 1.42 bits per heavy atom. The summed E-state index contributed by atoms with van der Waals surface area (Å²) < 4.78 is 5.03. The second kappa shape index (κ2) is 6.71. The SMILES string of the molecule is CCOC(=O)c1ccc2c(c1)CCC(CCCO)C2. The van der Waals surface area contributed by atoms with Crippen LogP contribution in [0.2, 0.25) is 0 Å². The molecule has 0 amide bonds. The maximum Gasteiger partial charge on any atom is 0.338 e. The molecule has 1 aliphatic rings. The van der Waals surface area contributed by atoms with E-state index < -0.39 is 0 Å². The number of hydrogen-bond acceptors (Lipinski definition) is 3. The smallest absolute Gasteiger partial charge is 0.338 e. The summed E-state index contributed by atoms with van der Waals surface area (Å²) in [4.78, 5) is 11.7. The van der Waals surface area contributed by atoms with Crippen molar-refractivity contribution in [3.63, 3.8) is 0 Å². The topological polar surface area (TPSA) is 46.5 Å². The highest BCUT2D eigenvalue weighted by atomic mass is 16.5. The van der Waals surface area contributed by atoms with Crippen molar-refractivity contribution in [2.45, 2.75) is 39.0 Å². The lowest BCUT2D eigenvalue weighted by atomic mass is 9.81. The molecule has 0 radical (unpaired) electrons. The molecule has 1 aromatic carbocycles. The molecule has 104 valence electrons. The fraction of sp³-hybridized carbons (Fsp3) is 0.562. The quantitative estimate of drug-likeness (QED) is 0.830. The minimum Gasteiger partial charge on any atom is -0.462 e. The van der Waals surface area contributed by atoms with Gasteiger partial charge >= 0.3 is 5.97 Å². The number of hydrogen-bond donors (Lipinski definition) is 1. The molecule has 3 nitrogen and oxygen atoms in total. The third kappa shape index (κ3) is 3.57. The Morgan fingerprint density at radius 2 is 2.26 bits per heavy atom. The maximum absolute atomic E-state index is 11.7. The van der Waals surface area contributed by atoms with Crippen LogP contribution < -0.4 is 0 Å². The van der Waals surface area contributed by atoms with E-state index >= 15 is 0 Å². The maximum atomic E-state index is 11.7. The second-order valence-electron chi connectivity index (χ2n) is 5.18. The molecular weight excluding hydrogens is 240 g/mol. The molecule has 0 saturated heterocycles. The molecule has 3 heteroatoms. The molecule has 0 aromatic heterocycles. The van der Waals surface area contributed by atoms with Crippen LogP contribution in [0.4, 0.5) is 0 Å². The Labute approximate surface area is 114 Å². The fourth-order valence-corrected chi connectivity index (χ4v) is 2.80. The van der Waals surface area contributed by atoms with Gasteiger partial charge in [-0.3, -0.25) is 0 Å². The summed E-state index contributed by atoms with van der Waals surface area (Å²) in [6.45, 7) is 2.52. The van der Waals surface area contributed by atoms with Crippen molar-refractivity contribution in [3.8, 4) is 0 Å². The average molecular weight is 262 g/mol. The number of aliphatic hydroxyl groups excluding tert-OH is 1. The number of benzene rings is 1. The molecular formula is C16H22O3. The van der Waals surface area contributed by atoms with Gasteiger partial charge in [0.1, 0.15) is 0 Å². The minimum atomic E-state index is -0.229. The van der Waals surface area contributed by atoms with Crippen molar-refractivity contribution in [1.82, 2.24) is 0 Å². The van der Waals surface area contributed by atoms with Crippen LogP contribution in [-0.4, -0.2) is 24.3 Å². The van der Waals surface area contributed by atoms with Gasteiger partial charge in [0.05, 0.1) is 12.2 Å². The molecule has 1 atom stereocenters. The van der Waals surface area contributed by atoms with E-state index in [1.165, 1.54) is 11.1 Å². The predicted molar refractivity (Wildman–Crippen MR) is 74.2 cm³/mol. The van der Waals surface area contributed by atoms with Crippen LogP contribution in [0.15, 0.2) is 18.2 Å². The van der Waals surface area contributed by atoms with E-state index in [0.717, 1.165) is 32.1 Å². The Balaban J connectivity index is 2.05. The van der Waals surface area contributed by atoms with Crippen molar-refractivity contribution in [2.75, 3.05) is 13.2 Å². The van der Waals surface area contributed by atoms with Crippen LogP contribution in [0, 0.1) is 5.92 Å². The van der Waals surface area contributed by atoms with Crippen LogP contribution >= 0.6 is 0 Å². The van der Waals surface area contributed by atoms with E-state index in [2.05, 4.69) is 6.07 Å². The molecule has 0 heterocycles. The van der Waals surface area contributed by atoms with Crippen LogP contribution in [0.1, 0.15) is 47.7 Å². The van der Waals surface area contributed by atoms with Gasteiger partial charge in [-0.25, -0.2) is 4.79 Å². The lowest BCUT2D eigenvalue weighted by Crippen LogP contribution is -2.16. The monoisotopic (exact) mass is 262 g/mol. The van der Waals surface area contributed by atoms with Crippen molar-refractivity contribution in [2.24, 2.45) is 5.92 Å². The Hall–Kier alpha value is -1.35. The molecule has 19 heavy (non-hydrogen) atoms. The molecule has 2 rings (SSSR count). The number of esters is 1. The largest absolute Gasteiger partial charge is 0.462 e. The molecule has 1 N–H and O–H groups in total. The summed E-state index contributed by atoms with van der Waals surface area (Å²) in [5.74, 6) is 0.445. The average Bonchev–Trinajstić information content (AvgIpc) is 2.44. The van der Waals surface area contributed by atoms with E-state index in [1.54, 1.807) is 0 Å². The number of aliphatic hydroxyl groups is 1. The van der Waals surface area contributed by atoms with Crippen LogP contribution in [0.25, 0.3) is 0 Å². The predicted octanol–water partition coefficient (Wildman–Crippen LogP) is 2.74. The van der Waals surface area contributed by atoms with Crippen LogP contribution in [0.5, 0.6) is 0 Å². The first kappa shape index (κ1) is 14.1. The molecule has 1 aliphatic carbocycles. The number of carbonyl (C=O) groups is 1. The van der Waals surface area contributed by atoms with Gasteiger partial charge < -0.3 is 9.84 Å². The van der Waals surface area contributed by atoms with Gasteiger partial charge in [0.25, 0.3) is 0 Å². The Morgan fingerprint density at radius 3 is 3.00 bits per heavy atom. The molecule has 0 spiro atoms. The van der Waals surface area contributed by atoms with E-state index in [1.807, 2.05) is 19.1 Å². The van der Waals surface area contributed by atoms with Gasteiger partial charge in [-0.15, -0.1) is 0 Å². The number of carbonyl (C=O) groups excluding carboxylic acids is 1. The number of aryl methyl sites for hydroxylation is 1. The van der Waals surface area contributed by atoms with Gasteiger partial charge in [-0.2, -0.15) is 0 Å². The van der Waals surface area contributed by atoms with Crippen molar-refractivity contribution < 1.29 is 14.6 Å². The summed E-state index contributed by atoms with van der Waals surface area (Å²) in [7, 11) is 0. The Bertz CT molecular complexity index is 440. The standard InChI is InChI=1S/C16H22O3/c1-2-19-16(18)15-8-7-13-10-12(4-3-9-17)5-6-14(13)11-15/h7-8,11-12,17H,2-6,9-10H2,1H3. The highest BCUT2D eigenvalue weighted by molar-refractivity contribution is 5.89. The van der Waals surface area contributed by atoms with Gasteiger partial charge in [0.15, 0.2) is 0 Å². The van der Waals surface area contributed by atoms with Crippen molar-refractivity contribution in [3.05, 3.63) is 34.9 Å². The summed E-state index contributed by atoms with van der Waals surface area (Å²) in [5, 5.41) is 8.89. The number of rotatable bonds is 5. The molecule has 0 bridgehead atoms. The van der Waals surface area contributed by atoms with E-state index in [0.29, 0.717) is 18.1 Å². The van der Waals surface area contributed by atoms with Crippen LogP contribution in [0.3, 0.4) is 0 Å². The normalized spacial score (nSPS) is 17.9. The first-order valence-corrected chi connectivity index (χ1v) is 7.14. The third-order valence-corrected chi connectivity index (χ3v) is 3.82.